The average Bonchev–Trinajstić information content (AvgIpc) is 3.33. The molecule has 1 aliphatic rings. The van der Waals surface area contributed by atoms with E-state index in [0.29, 0.717) is 12.5 Å². The first-order valence-corrected chi connectivity index (χ1v) is 8.19. The van der Waals surface area contributed by atoms with E-state index in [1.807, 2.05) is 38.1 Å². The number of carbonyl (C=O) groups excluding carboxylic acids is 1. The van der Waals surface area contributed by atoms with Crippen molar-refractivity contribution >= 4 is 30.1 Å². The third-order valence-electron chi connectivity index (χ3n) is 4.05. The Morgan fingerprint density at radius 2 is 2.05 bits per heavy atom. The molecular weight excluding hydrogens is 320 g/mol. The Morgan fingerprint density at radius 3 is 2.50 bits per heavy atom. The van der Waals surface area contributed by atoms with Gasteiger partial charge in [-0.3, -0.25) is 4.79 Å². The van der Waals surface area contributed by atoms with Crippen LogP contribution in [0.25, 0.3) is 0 Å². The number of methoxy groups -OCH3 is 1. The first kappa shape index (κ1) is 19.1. The van der Waals surface area contributed by atoms with Crippen LogP contribution in [0.2, 0.25) is 0 Å². The van der Waals surface area contributed by atoms with Gasteiger partial charge in [0.1, 0.15) is 5.75 Å². The number of nitrogens with two attached hydrogens (primary N) is 1. The Labute approximate surface area is 143 Å². The minimum absolute atomic E-state index is 0. The van der Waals surface area contributed by atoms with Crippen molar-refractivity contribution in [2.45, 2.75) is 42.4 Å². The van der Waals surface area contributed by atoms with Crippen molar-refractivity contribution in [1.82, 2.24) is 5.32 Å². The van der Waals surface area contributed by atoms with E-state index in [2.05, 4.69) is 5.32 Å². The number of thioether (sulfide) groups is 1. The Hall–Kier alpha value is -0.910. The fourth-order valence-corrected chi connectivity index (χ4v) is 3.20. The topological polar surface area (TPSA) is 64.3 Å². The molecule has 1 amide bonds. The van der Waals surface area contributed by atoms with Crippen LogP contribution in [0.4, 0.5) is 0 Å². The van der Waals surface area contributed by atoms with E-state index in [4.69, 9.17) is 10.5 Å². The van der Waals surface area contributed by atoms with Gasteiger partial charge in [-0.1, -0.05) is 0 Å². The lowest BCUT2D eigenvalue weighted by molar-refractivity contribution is -0.122. The van der Waals surface area contributed by atoms with Crippen LogP contribution in [-0.2, 0) is 4.79 Å². The minimum atomic E-state index is -0.258. The maximum Gasteiger partial charge on any atom is 0.233 e. The normalized spacial score (nSPS) is 17.8. The first-order chi connectivity index (χ1) is 9.98. The highest BCUT2D eigenvalue weighted by Crippen LogP contribution is 2.39. The van der Waals surface area contributed by atoms with E-state index in [0.717, 1.165) is 23.5 Å². The van der Waals surface area contributed by atoms with Gasteiger partial charge in [-0.05, 0) is 56.9 Å². The van der Waals surface area contributed by atoms with Crippen molar-refractivity contribution in [3.05, 3.63) is 24.3 Å². The van der Waals surface area contributed by atoms with Crippen LogP contribution in [0.5, 0.6) is 5.75 Å². The number of halogens is 1. The van der Waals surface area contributed by atoms with Gasteiger partial charge >= 0.3 is 0 Å². The Balaban J connectivity index is 0.00000242. The molecule has 1 aliphatic carbocycles. The van der Waals surface area contributed by atoms with Crippen LogP contribution in [0.1, 0.15) is 26.7 Å². The molecule has 6 heteroatoms. The molecular formula is C16H25ClN2O2S. The van der Waals surface area contributed by atoms with E-state index >= 15 is 0 Å². The molecule has 2 unspecified atom stereocenters. The number of nitrogens with one attached hydrogen (secondary N) is 1. The van der Waals surface area contributed by atoms with Crippen LogP contribution < -0.4 is 15.8 Å². The van der Waals surface area contributed by atoms with E-state index in [9.17, 15) is 4.79 Å². The Kier molecular flexibility index (Phi) is 7.03. The highest BCUT2D eigenvalue weighted by molar-refractivity contribution is 8.00. The van der Waals surface area contributed by atoms with Crippen LogP contribution in [0.15, 0.2) is 29.2 Å². The van der Waals surface area contributed by atoms with Crippen molar-refractivity contribution < 1.29 is 9.53 Å². The van der Waals surface area contributed by atoms with Gasteiger partial charge in [0.05, 0.1) is 17.9 Å². The monoisotopic (exact) mass is 344 g/mol. The fraction of sp³-hybridized carbons (Fsp3) is 0.562. The van der Waals surface area contributed by atoms with Gasteiger partial charge in [0.2, 0.25) is 5.91 Å². The Bertz CT molecular complexity index is 493. The predicted octanol–water partition coefficient (Wildman–Crippen LogP) is 2.84. The summed E-state index contributed by atoms with van der Waals surface area (Å²) in [7, 11) is 1.64. The first-order valence-electron chi connectivity index (χ1n) is 7.31. The maximum atomic E-state index is 12.4. The third kappa shape index (κ3) is 4.80. The fourth-order valence-electron chi connectivity index (χ4n) is 2.34. The molecule has 124 valence electrons. The highest BCUT2D eigenvalue weighted by atomic mass is 35.5. The summed E-state index contributed by atoms with van der Waals surface area (Å²) in [6.45, 7) is 4.46. The molecule has 1 aromatic carbocycles. The second-order valence-corrected chi connectivity index (χ2v) is 7.23. The number of benzene rings is 1. The number of hydrogen-bond acceptors (Lipinski definition) is 4. The second kappa shape index (κ2) is 8.09. The Morgan fingerprint density at radius 1 is 1.45 bits per heavy atom. The summed E-state index contributed by atoms with van der Waals surface area (Å²) in [5.41, 5.74) is 5.59. The van der Waals surface area contributed by atoms with Gasteiger partial charge in [-0.25, -0.2) is 0 Å². The van der Waals surface area contributed by atoms with Gasteiger partial charge in [0.25, 0.3) is 0 Å². The number of rotatable bonds is 7. The summed E-state index contributed by atoms with van der Waals surface area (Å²) in [4.78, 5) is 13.4. The zero-order valence-corrected chi connectivity index (χ0v) is 14.9. The molecule has 2 rings (SSSR count). The van der Waals surface area contributed by atoms with Crippen LogP contribution in [-0.4, -0.2) is 30.4 Å². The predicted molar refractivity (Wildman–Crippen MR) is 93.9 cm³/mol. The molecule has 0 radical (unpaired) electrons. The lowest BCUT2D eigenvalue weighted by atomic mass is 9.96. The molecule has 0 bridgehead atoms. The van der Waals surface area contributed by atoms with Crippen molar-refractivity contribution in [3.63, 3.8) is 0 Å². The summed E-state index contributed by atoms with van der Waals surface area (Å²) >= 11 is 1.55. The van der Waals surface area contributed by atoms with E-state index in [-0.39, 0.29) is 29.1 Å². The van der Waals surface area contributed by atoms with Crippen molar-refractivity contribution in [2.75, 3.05) is 13.7 Å². The van der Waals surface area contributed by atoms with E-state index in [1.54, 1.807) is 18.9 Å². The summed E-state index contributed by atoms with van der Waals surface area (Å²) in [5, 5.41) is 2.99. The number of hydrogen-bond donors (Lipinski definition) is 2. The molecule has 1 aromatic rings. The standard InChI is InChI=1S/C16H24N2O2S.ClH/c1-11(21-14-8-6-13(20-3)7-9-14)15(19)18-16(2,10-17)12-4-5-12;/h6-9,11-12H,4-5,10,17H2,1-3H3,(H,18,19);1H. The molecule has 0 heterocycles. The summed E-state index contributed by atoms with van der Waals surface area (Å²) in [5.74, 6) is 1.40. The summed E-state index contributed by atoms with van der Waals surface area (Å²) in [6, 6.07) is 7.74. The lowest BCUT2D eigenvalue weighted by Crippen LogP contribution is -2.54. The summed E-state index contributed by atoms with van der Waals surface area (Å²) < 4.78 is 5.13. The van der Waals surface area contributed by atoms with Crippen LogP contribution in [0, 0.1) is 5.92 Å². The molecule has 0 saturated heterocycles. The zero-order valence-electron chi connectivity index (χ0n) is 13.3. The largest absolute Gasteiger partial charge is 0.497 e. The van der Waals surface area contributed by atoms with Crippen molar-refractivity contribution in [1.29, 1.82) is 0 Å². The molecule has 0 spiro atoms. The van der Waals surface area contributed by atoms with Crippen LogP contribution in [0.3, 0.4) is 0 Å². The molecule has 2 atom stereocenters. The smallest absolute Gasteiger partial charge is 0.233 e. The molecule has 3 N–H and O–H groups in total. The molecule has 1 fully saturated rings. The maximum absolute atomic E-state index is 12.4. The molecule has 0 aliphatic heterocycles. The minimum Gasteiger partial charge on any atom is -0.497 e. The number of amides is 1. The van der Waals surface area contributed by atoms with Crippen molar-refractivity contribution in [2.24, 2.45) is 11.7 Å². The van der Waals surface area contributed by atoms with E-state index in [1.165, 1.54) is 0 Å². The zero-order chi connectivity index (χ0) is 15.5. The lowest BCUT2D eigenvalue weighted by Gasteiger charge is -2.30. The quantitative estimate of drug-likeness (QED) is 0.746. The van der Waals surface area contributed by atoms with E-state index < -0.39 is 0 Å². The van der Waals surface area contributed by atoms with Gasteiger partial charge in [-0.15, -0.1) is 24.2 Å². The SMILES string of the molecule is COc1ccc(SC(C)C(=O)NC(C)(CN)C2CC2)cc1.Cl. The molecule has 22 heavy (non-hydrogen) atoms. The number of carbonyl (C=O) groups is 1. The number of ether oxygens (including phenoxy) is 1. The van der Waals surface area contributed by atoms with Crippen molar-refractivity contribution in [3.8, 4) is 5.75 Å². The average molecular weight is 345 g/mol. The summed E-state index contributed by atoms with van der Waals surface area (Å²) in [6.07, 6.45) is 2.32. The van der Waals surface area contributed by atoms with Gasteiger partial charge in [0.15, 0.2) is 0 Å². The molecule has 0 aromatic heterocycles. The highest BCUT2D eigenvalue weighted by Gasteiger charge is 2.42. The molecule has 1 saturated carbocycles. The molecule has 4 nitrogen and oxygen atoms in total. The second-order valence-electron chi connectivity index (χ2n) is 5.82. The van der Waals surface area contributed by atoms with Gasteiger partial charge in [-0.2, -0.15) is 0 Å². The van der Waals surface area contributed by atoms with Gasteiger partial charge < -0.3 is 15.8 Å². The van der Waals surface area contributed by atoms with Gasteiger partial charge in [0, 0.05) is 11.4 Å². The third-order valence-corrected chi connectivity index (χ3v) is 5.16. The van der Waals surface area contributed by atoms with Crippen LogP contribution >= 0.6 is 24.2 Å².